The monoisotopic (exact) mass is 395 g/mol. The minimum Gasteiger partial charge on any atom is -0.492 e. The predicted molar refractivity (Wildman–Crippen MR) is 111 cm³/mol. The van der Waals surface area contributed by atoms with Gasteiger partial charge in [-0.15, -0.1) is 0 Å². The molecule has 1 fully saturated rings. The van der Waals surface area contributed by atoms with E-state index in [-0.39, 0.29) is 12.0 Å². The van der Waals surface area contributed by atoms with Crippen molar-refractivity contribution in [2.75, 3.05) is 37.0 Å². The van der Waals surface area contributed by atoms with Crippen LogP contribution in [0.15, 0.2) is 12.1 Å². The molecule has 27 heavy (non-hydrogen) atoms. The highest BCUT2D eigenvalue weighted by Crippen LogP contribution is 2.37. The molecule has 0 spiro atoms. The Kier molecular flexibility index (Phi) is 8.60. The third-order valence-electron chi connectivity index (χ3n) is 4.04. The van der Waals surface area contributed by atoms with Crippen molar-refractivity contribution >= 4 is 34.6 Å². The molecule has 1 atom stereocenters. The summed E-state index contributed by atoms with van der Waals surface area (Å²) in [6.07, 6.45) is 2.71. The third kappa shape index (κ3) is 6.55. The van der Waals surface area contributed by atoms with Crippen molar-refractivity contribution < 1.29 is 19.0 Å². The molecule has 150 valence electrons. The molecule has 0 saturated carbocycles. The topological polar surface area (TPSA) is 80.8 Å². The van der Waals surface area contributed by atoms with Crippen LogP contribution in [0.3, 0.4) is 0 Å². The lowest BCUT2D eigenvalue weighted by Gasteiger charge is -2.19. The van der Waals surface area contributed by atoms with E-state index in [9.17, 15) is 4.79 Å². The van der Waals surface area contributed by atoms with E-state index in [0.29, 0.717) is 54.2 Å². The van der Waals surface area contributed by atoms with E-state index in [2.05, 4.69) is 16.0 Å². The molecule has 0 unspecified atom stereocenters. The number of anilines is 2. The summed E-state index contributed by atoms with van der Waals surface area (Å²) in [4.78, 5) is 11.8. The Morgan fingerprint density at radius 1 is 1.15 bits per heavy atom. The summed E-state index contributed by atoms with van der Waals surface area (Å²) >= 11 is 5.40. The fourth-order valence-corrected chi connectivity index (χ4v) is 2.92. The maximum atomic E-state index is 11.8. The average Bonchev–Trinajstić information content (AvgIpc) is 3.17. The van der Waals surface area contributed by atoms with Gasteiger partial charge in [-0.3, -0.25) is 4.79 Å². The van der Waals surface area contributed by atoms with E-state index in [4.69, 9.17) is 26.4 Å². The molecule has 1 heterocycles. The normalized spacial score (nSPS) is 15.9. The number of carbonyl (C=O) groups is 1. The fourth-order valence-electron chi connectivity index (χ4n) is 2.72. The van der Waals surface area contributed by atoms with Gasteiger partial charge < -0.3 is 30.2 Å². The maximum Gasteiger partial charge on any atom is 0.224 e. The van der Waals surface area contributed by atoms with E-state index < -0.39 is 0 Å². The van der Waals surface area contributed by atoms with E-state index in [1.165, 1.54) is 0 Å². The van der Waals surface area contributed by atoms with Gasteiger partial charge in [0.2, 0.25) is 5.91 Å². The maximum absolute atomic E-state index is 11.8. The molecule has 1 aromatic rings. The third-order valence-corrected chi connectivity index (χ3v) is 4.29. The predicted octanol–water partition coefficient (Wildman–Crippen LogP) is 3.30. The van der Waals surface area contributed by atoms with Gasteiger partial charge in [-0.25, -0.2) is 0 Å². The lowest BCUT2D eigenvalue weighted by Crippen LogP contribution is -2.34. The van der Waals surface area contributed by atoms with Gasteiger partial charge in [0.15, 0.2) is 5.11 Å². The molecule has 1 saturated heterocycles. The summed E-state index contributed by atoms with van der Waals surface area (Å²) < 4.78 is 17.0. The average molecular weight is 396 g/mol. The molecule has 7 nitrogen and oxygen atoms in total. The van der Waals surface area contributed by atoms with E-state index in [1.54, 1.807) is 19.1 Å². The number of thiocarbonyl (C=S) groups is 1. The second-order valence-corrected chi connectivity index (χ2v) is 6.49. The summed E-state index contributed by atoms with van der Waals surface area (Å²) in [5.74, 6) is 1.06. The molecular formula is C19H29N3O4S. The first-order valence-electron chi connectivity index (χ1n) is 9.47. The highest BCUT2D eigenvalue weighted by Gasteiger charge is 2.17. The Morgan fingerprint density at radius 2 is 1.78 bits per heavy atom. The van der Waals surface area contributed by atoms with Crippen molar-refractivity contribution in [1.29, 1.82) is 0 Å². The fraction of sp³-hybridized carbons (Fsp3) is 0.579. The summed E-state index contributed by atoms with van der Waals surface area (Å²) in [6.45, 7) is 8.03. The van der Waals surface area contributed by atoms with Crippen molar-refractivity contribution in [2.45, 2.75) is 46.1 Å². The van der Waals surface area contributed by atoms with Gasteiger partial charge in [-0.1, -0.05) is 6.92 Å². The SMILES string of the molecule is CCOc1cc(NC(=S)NC[C@@H]2CCCO2)c(OCC)cc1NC(=O)CC. The van der Waals surface area contributed by atoms with Gasteiger partial charge >= 0.3 is 0 Å². The number of benzene rings is 1. The van der Waals surface area contributed by atoms with Crippen molar-refractivity contribution in [3.8, 4) is 11.5 Å². The molecule has 1 aromatic carbocycles. The van der Waals surface area contributed by atoms with Crippen molar-refractivity contribution in [1.82, 2.24) is 5.32 Å². The highest BCUT2D eigenvalue weighted by molar-refractivity contribution is 7.80. The number of ether oxygens (including phenoxy) is 3. The Balaban J connectivity index is 2.15. The summed E-state index contributed by atoms with van der Waals surface area (Å²) in [5.41, 5.74) is 1.26. The van der Waals surface area contributed by atoms with Gasteiger partial charge in [0.05, 0.1) is 30.7 Å². The van der Waals surface area contributed by atoms with Crippen LogP contribution in [0, 0.1) is 0 Å². The van der Waals surface area contributed by atoms with Crippen LogP contribution in [0.25, 0.3) is 0 Å². The zero-order valence-electron chi connectivity index (χ0n) is 16.2. The quantitative estimate of drug-likeness (QED) is 0.554. The Hall–Kier alpha value is -2.06. The zero-order chi connectivity index (χ0) is 19.6. The number of rotatable bonds is 9. The van der Waals surface area contributed by atoms with E-state index in [1.807, 2.05) is 13.8 Å². The summed E-state index contributed by atoms with van der Waals surface area (Å²) in [5, 5.41) is 9.67. The lowest BCUT2D eigenvalue weighted by atomic mass is 10.2. The Labute approximate surface area is 166 Å². The molecule has 8 heteroatoms. The minimum absolute atomic E-state index is 0.0899. The lowest BCUT2D eigenvalue weighted by molar-refractivity contribution is -0.115. The van der Waals surface area contributed by atoms with Crippen molar-refractivity contribution in [3.05, 3.63) is 12.1 Å². The first-order valence-corrected chi connectivity index (χ1v) is 9.88. The number of nitrogens with one attached hydrogen (secondary N) is 3. The number of amides is 1. The first-order chi connectivity index (χ1) is 13.1. The summed E-state index contributed by atoms with van der Waals surface area (Å²) in [7, 11) is 0. The van der Waals surface area contributed by atoms with Crippen LogP contribution in [0.5, 0.6) is 11.5 Å². The molecule has 0 radical (unpaired) electrons. The largest absolute Gasteiger partial charge is 0.492 e. The van der Waals surface area contributed by atoms with Crippen LogP contribution < -0.4 is 25.4 Å². The van der Waals surface area contributed by atoms with Gasteiger partial charge in [0, 0.05) is 31.7 Å². The zero-order valence-corrected chi connectivity index (χ0v) is 17.0. The minimum atomic E-state index is -0.0899. The molecule has 0 bridgehead atoms. The van der Waals surface area contributed by atoms with Gasteiger partial charge in [0.1, 0.15) is 11.5 Å². The molecule has 3 N–H and O–H groups in total. The van der Waals surface area contributed by atoms with Crippen LogP contribution in [0.1, 0.15) is 40.0 Å². The van der Waals surface area contributed by atoms with E-state index in [0.717, 1.165) is 19.4 Å². The van der Waals surface area contributed by atoms with Crippen molar-refractivity contribution in [3.63, 3.8) is 0 Å². The first kappa shape index (κ1) is 21.2. The molecule has 1 aliphatic heterocycles. The van der Waals surface area contributed by atoms with Crippen LogP contribution in [-0.2, 0) is 9.53 Å². The van der Waals surface area contributed by atoms with Crippen molar-refractivity contribution in [2.24, 2.45) is 0 Å². The molecule has 0 aliphatic carbocycles. The molecule has 0 aromatic heterocycles. The number of hydrogen-bond acceptors (Lipinski definition) is 5. The number of carbonyl (C=O) groups excluding carboxylic acids is 1. The number of hydrogen-bond donors (Lipinski definition) is 3. The Bertz CT molecular complexity index is 648. The van der Waals surface area contributed by atoms with Gasteiger partial charge in [-0.2, -0.15) is 0 Å². The smallest absolute Gasteiger partial charge is 0.224 e. The van der Waals surface area contributed by atoms with Crippen LogP contribution in [0.4, 0.5) is 11.4 Å². The van der Waals surface area contributed by atoms with Gasteiger partial charge in [0.25, 0.3) is 0 Å². The summed E-state index contributed by atoms with van der Waals surface area (Å²) in [6, 6.07) is 3.55. The van der Waals surface area contributed by atoms with Crippen LogP contribution in [0.2, 0.25) is 0 Å². The highest BCUT2D eigenvalue weighted by atomic mass is 32.1. The molecule has 2 rings (SSSR count). The van der Waals surface area contributed by atoms with E-state index >= 15 is 0 Å². The van der Waals surface area contributed by atoms with Crippen LogP contribution >= 0.6 is 12.2 Å². The Morgan fingerprint density at radius 3 is 2.30 bits per heavy atom. The second-order valence-electron chi connectivity index (χ2n) is 6.08. The van der Waals surface area contributed by atoms with Crippen LogP contribution in [-0.4, -0.2) is 43.5 Å². The molecule has 1 aliphatic rings. The van der Waals surface area contributed by atoms with Gasteiger partial charge in [-0.05, 0) is 38.9 Å². The standard InChI is InChI=1S/C19H29N3O4S/c1-4-18(23)21-14-10-17(25-6-3)15(11-16(14)24-5-2)22-19(27)20-12-13-8-7-9-26-13/h10-11,13H,4-9,12H2,1-3H3,(H,21,23)(H2,20,22,27)/t13-/m0/s1. The second kappa shape index (κ2) is 10.9. The molecule has 1 amide bonds. The molecular weight excluding hydrogens is 366 g/mol.